The number of nitrogens with one attached hydrogen (secondary N) is 2. The number of ether oxygens (including phenoxy) is 1. The van der Waals surface area contributed by atoms with Crippen LogP contribution in [0.2, 0.25) is 0 Å². The Morgan fingerprint density at radius 2 is 1.96 bits per heavy atom. The summed E-state index contributed by atoms with van der Waals surface area (Å²) >= 11 is 0. The largest absolute Gasteiger partial charge is 0.453 e. The molecule has 0 fully saturated rings. The van der Waals surface area contributed by atoms with Gasteiger partial charge in [-0.05, 0) is 28.6 Å². The minimum atomic E-state index is -0.519. The summed E-state index contributed by atoms with van der Waals surface area (Å²) in [5, 5.41) is 7.83. The zero-order valence-electron chi connectivity index (χ0n) is 14.3. The molecule has 0 radical (unpaired) electrons. The fourth-order valence-electron chi connectivity index (χ4n) is 3.50. The average Bonchev–Trinajstić information content (AvgIpc) is 2.67. The molecule has 0 aliphatic carbocycles. The molecule has 5 heteroatoms. The molecule has 1 unspecified atom stereocenters. The van der Waals surface area contributed by atoms with E-state index in [1.165, 1.54) is 7.11 Å². The molecule has 0 spiro atoms. The average molecular weight is 346 g/mol. The van der Waals surface area contributed by atoms with Gasteiger partial charge in [0.1, 0.15) is 0 Å². The minimum absolute atomic E-state index is 0.00909. The fraction of sp³-hybridized carbons (Fsp3) is 0.143. The van der Waals surface area contributed by atoms with Crippen LogP contribution in [0.5, 0.6) is 0 Å². The molecule has 1 aliphatic heterocycles. The second kappa shape index (κ2) is 6.52. The summed E-state index contributed by atoms with van der Waals surface area (Å²) in [6.45, 7) is 0. The molecule has 2 N–H and O–H groups in total. The smallest absolute Gasteiger partial charge is 0.411 e. The second-order valence-electron chi connectivity index (χ2n) is 6.30. The number of benzene rings is 3. The van der Waals surface area contributed by atoms with Crippen molar-refractivity contribution in [3.63, 3.8) is 0 Å². The van der Waals surface area contributed by atoms with Gasteiger partial charge in [-0.25, -0.2) is 4.79 Å². The predicted octanol–water partition coefficient (Wildman–Crippen LogP) is 4.49. The standard InChI is InChI=1S/C21H18N2O3/c1-26-21(25)22-15-7-4-6-14(11-15)18-12-19(24)23-20-16-8-3-2-5-13(16)9-10-17(18)20/h2-11,18H,12H2,1H3,(H,22,25)(H,23,24). The Morgan fingerprint density at radius 3 is 2.81 bits per heavy atom. The lowest BCUT2D eigenvalue weighted by Crippen LogP contribution is -2.23. The van der Waals surface area contributed by atoms with E-state index in [0.29, 0.717) is 12.1 Å². The van der Waals surface area contributed by atoms with Crippen molar-refractivity contribution in [1.29, 1.82) is 0 Å². The monoisotopic (exact) mass is 346 g/mol. The van der Waals surface area contributed by atoms with E-state index in [2.05, 4.69) is 27.5 Å². The number of fused-ring (bicyclic) bond motifs is 3. The van der Waals surface area contributed by atoms with E-state index in [0.717, 1.165) is 27.6 Å². The number of carbonyl (C=O) groups excluding carboxylic acids is 2. The second-order valence-corrected chi connectivity index (χ2v) is 6.30. The molecule has 4 rings (SSSR count). The van der Waals surface area contributed by atoms with Crippen LogP contribution in [0.1, 0.15) is 23.5 Å². The van der Waals surface area contributed by atoms with Crippen LogP contribution >= 0.6 is 0 Å². The molecule has 130 valence electrons. The van der Waals surface area contributed by atoms with Crippen molar-refractivity contribution in [2.45, 2.75) is 12.3 Å². The van der Waals surface area contributed by atoms with Gasteiger partial charge in [-0.15, -0.1) is 0 Å². The highest BCUT2D eigenvalue weighted by atomic mass is 16.5. The van der Waals surface area contributed by atoms with Crippen molar-refractivity contribution < 1.29 is 14.3 Å². The fourth-order valence-corrected chi connectivity index (χ4v) is 3.50. The normalized spacial score (nSPS) is 15.9. The number of anilines is 2. The van der Waals surface area contributed by atoms with E-state index >= 15 is 0 Å². The first-order valence-corrected chi connectivity index (χ1v) is 8.42. The lowest BCUT2D eigenvalue weighted by atomic mass is 9.83. The van der Waals surface area contributed by atoms with Gasteiger partial charge in [0.2, 0.25) is 5.91 Å². The Kier molecular flexibility index (Phi) is 4.05. The van der Waals surface area contributed by atoms with Crippen LogP contribution in [0.3, 0.4) is 0 Å². The maximum atomic E-state index is 12.4. The van der Waals surface area contributed by atoms with Crippen molar-refractivity contribution in [1.82, 2.24) is 0 Å². The van der Waals surface area contributed by atoms with Gasteiger partial charge in [-0.2, -0.15) is 0 Å². The van der Waals surface area contributed by atoms with Crippen LogP contribution in [-0.2, 0) is 9.53 Å². The van der Waals surface area contributed by atoms with Crippen LogP contribution in [0.15, 0.2) is 60.7 Å². The first-order chi connectivity index (χ1) is 12.7. The van der Waals surface area contributed by atoms with Crippen molar-refractivity contribution in [3.8, 4) is 0 Å². The Hall–Kier alpha value is -3.34. The van der Waals surface area contributed by atoms with Crippen molar-refractivity contribution in [3.05, 3.63) is 71.8 Å². The predicted molar refractivity (Wildman–Crippen MR) is 102 cm³/mol. The number of methoxy groups -OCH3 is 1. The van der Waals surface area contributed by atoms with E-state index in [4.69, 9.17) is 0 Å². The maximum absolute atomic E-state index is 12.4. The van der Waals surface area contributed by atoms with E-state index in [9.17, 15) is 9.59 Å². The topological polar surface area (TPSA) is 67.4 Å². The molecular weight excluding hydrogens is 328 g/mol. The Balaban J connectivity index is 1.79. The Morgan fingerprint density at radius 1 is 1.12 bits per heavy atom. The molecule has 26 heavy (non-hydrogen) atoms. The summed E-state index contributed by atoms with van der Waals surface area (Å²) in [6, 6.07) is 19.7. The van der Waals surface area contributed by atoms with Gasteiger partial charge < -0.3 is 10.1 Å². The molecule has 3 aromatic rings. The molecule has 2 amide bonds. The number of hydrogen-bond donors (Lipinski definition) is 2. The van der Waals surface area contributed by atoms with Crippen LogP contribution in [-0.4, -0.2) is 19.1 Å². The third-order valence-electron chi connectivity index (χ3n) is 4.71. The van der Waals surface area contributed by atoms with Gasteiger partial charge in [0.05, 0.1) is 12.8 Å². The zero-order chi connectivity index (χ0) is 18.1. The van der Waals surface area contributed by atoms with Crippen LogP contribution in [0, 0.1) is 0 Å². The SMILES string of the molecule is COC(=O)Nc1cccc(C2CC(=O)Nc3c2ccc2ccccc32)c1. The molecule has 1 atom stereocenters. The number of rotatable bonds is 2. The maximum Gasteiger partial charge on any atom is 0.411 e. The number of amides is 2. The summed E-state index contributed by atoms with van der Waals surface area (Å²) < 4.78 is 4.65. The van der Waals surface area contributed by atoms with Crippen LogP contribution < -0.4 is 10.6 Å². The summed E-state index contributed by atoms with van der Waals surface area (Å²) in [4.78, 5) is 23.8. The molecule has 0 saturated carbocycles. The van der Waals surface area contributed by atoms with Gasteiger partial charge in [-0.1, -0.05) is 48.5 Å². The van der Waals surface area contributed by atoms with Crippen LogP contribution in [0.25, 0.3) is 10.8 Å². The van der Waals surface area contributed by atoms with Gasteiger partial charge in [0, 0.05) is 23.4 Å². The molecule has 0 saturated heterocycles. The van der Waals surface area contributed by atoms with E-state index < -0.39 is 6.09 Å². The van der Waals surface area contributed by atoms with Gasteiger partial charge in [0.25, 0.3) is 0 Å². The third kappa shape index (κ3) is 2.88. The number of hydrogen-bond acceptors (Lipinski definition) is 3. The molecule has 0 bridgehead atoms. The Bertz CT molecular complexity index is 1010. The summed E-state index contributed by atoms with van der Waals surface area (Å²) in [6.07, 6.45) is -0.151. The quantitative estimate of drug-likeness (QED) is 0.718. The summed E-state index contributed by atoms with van der Waals surface area (Å²) in [5.41, 5.74) is 3.57. The lowest BCUT2D eigenvalue weighted by Gasteiger charge is -2.27. The molecule has 5 nitrogen and oxygen atoms in total. The van der Waals surface area contributed by atoms with Crippen LogP contribution in [0.4, 0.5) is 16.2 Å². The van der Waals surface area contributed by atoms with E-state index in [-0.39, 0.29) is 11.8 Å². The van der Waals surface area contributed by atoms with Crippen molar-refractivity contribution >= 4 is 34.1 Å². The van der Waals surface area contributed by atoms with Crippen molar-refractivity contribution in [2.24, 2.45) is 0 Å². The highest BCUT2D eigenvalue weighted by Crippen LogP contribution is 2.41. The van der Waals surface area contributed by atoms with Gasteiger partial charge in [-0.3, -0.25) is 10.1 Å². The van der Waals surface area contributed by atoms with E-state index in [1.54, 1.807) is 6.07 Å². The lowest BCUT2D eigenvalue weighted by molar-refractivity contribution is -0.116. The Labute approximate surface area is 151 Å². The first kappa shape index (κ1) is 16.1. The van der Waals surface area contributed by atoms with E-state index in [1.807, 2.05) is 42.5 Å². The van der Waals surface area contributed by atoms with Gasteiger partial charge in [0.15, 0.2) is 0 Å². The zero-order valence-corrected chi connectivity index (χ0v) is 14.3. The summed E-state index contributed by atoms with van der Waals surface area (Å²) in [7, 11) is 1.33. The highest BCUT2D eigenvalue weighted by molar-refractivity contribution is 6.06. The molecular formula is C21H18N2O3. The van der Waals surface area contributed by atoms with Gasteiger partial charge >= 0.3 is 6.09 Å². The van der Waals surface area contributed by atoms with Crippen molar-refractivity contribution in [2.75, 3.05) is 17.7 Å². The highest BCUT2D eigenvalue weighted by Gasteiger charge is 2.27. The minimum Gasteiger partial charge on any atom is -0.453 e. The molecule has 0 aromatic heterocycles. The first-order valence-electron chi connectivity index (χ1n) is 8.42. The molecule has 1 heterocycles. The summed E-state index contributed by atoms with van der Waals surface area (Å²) in [5.74, 6) is -0.0760. The number of carbonyl (C=O) groups is 2. The third-order valence-corrected chi connectivity index (χ3v) is 4.71. The molecule has 1 aliphatic rings. The molecule has 3 aromatic carbocycles.